The largest absolute Gasteiger partial charge is 0.482 e. The van der Waals surface area contributed by atoms with Crippen LogP contribution in [0.25, 0.3) is 11.0 Å². The number of benzene rings is 1. The number of fused-ring (bicyclic) bond motifs is 3. The van der Waals surface area contributed by atoms with Gasteiger partial charge in [0.05, 0.1) is 16.8 Å². The molecule has 3 aliphatic carbocycles. The van der Waals surface area contributed by atoms with Gasteiger partial charge in [-0.15, -0.1) is 0 Å². The number of H-pyrrole nitrogens is 1. The first kappa shape index (κ1) is 23.2. The van der Waals surface area contributed by atoms with Crippen LogP contribution in [-0.4, -0.2) is 45.8 Å². The number of ether oxygens (including phenoxy) is 1. The lowest BCUT2D eigenvalue weighted by Crippen LogP contribution is -2.40. The number of amides is 3. The summed E-state index contributed by atoms with van der Waals surface area (Å²) in [6.07, 6.45) is 9.39. The van der Waals surface area contributed by atoms with E-state index in [-0.39, 0.29) is 36.1 Å². The number of rotatable bonds is 6. The number of anilines is 1. The van der Waals surface area contributed by atoms with Gasteiger partial charge in [-0.3, -0.25) is 14.4 Å². The topological polar surface area (TPSA) is 138 Å². The van der Waals surface area contributed by atoms with Crippen LogP contribution in [0.2, 0.25) is 0 Å². The van der Waals surface area contributed by atoms with Crippen LogP contribution < -0.4 is 20.7 Å². The Hall–Kier alpha value is -3.95. The summed E-state index contributed by atoms with van der Waals surface area (Å²) >= 11 is 0. The van der Waals surface area contributed by atoms with Crippen molar-refractivity contribution >= 4 is 34.4 Å². The molecule has 3 heterocycles. The van der Waals surface area contributed by atoms with Crippen LogP contribution >= 0.6 is 0 Å². The minimum Gasteiger partial charge on any atom is -0.482 e. The van der Waals surface area contributed by atoms with Crippen molar-refractivity contribution < 1.29 is 19.1 Å². The third-order valence-corrected chi connectivity index (χ3v) is 8.96. The van der Waals surface area contributed by atoms with Crippen LogP contribution in [0.3, 0.4) is 0 Å². The van der Waals surface area contributed by atoms with E-state index < -0.39 is 5.91 Å². The Bertz CT molecular complexity index is 1500. The molecule has 4 aliphatic rings. The van der Waals surface area contributed by atoms with E-state index in [9.17, 15) is 14.4 Å². The molecule has 3 amide bonds. The van der Waals surface area contributed by atoms with Crippen LogP contribution in [0, 0.1) is 22.7 Å². The first-order valence-electron chi connectivity index (χ1n) is 13.2. The van der Waals surface area contributed by atoms with Gasteiger partial charge >= 0.3 is 0 Å². The highest BCUT2D eigenvalue weighted by molar-refractivity contribution is 6.10. The van der Waals surface area contributed by atoms with Crippen molar-refractivity contribution in [3.8, 4) is 5.75 Å². The van der Waals surface area contributed by atoms with E-state index in [1.54, 1.807) is 18.3 Å². The van der Waals surface area contributed by atoms with Crippen LogP contribution in [0.5, 0.6) is 5.75 Å². The lowest BCUT2D eigenvalue weighted by atomic mass is 9.67. The van der Waals surface area contributed by atoms with Crippen molar-refractivity contribution in [2.24, 2.45) is 22.7 Å². The number of carbonyl (C=O) groups excluding carboxylic acids is 3. The Morgan fingerprint density at radius 2 is 2.05 bits per heavy atom. The molecule has 38 heavy (non-hydrogen) atoms. The van der Waals surface area contributed by atoms with E-state index in [1.165, 1.54) is 38.4 Å². The van der Waals surface area contributed by atoms with E-state index >= 15 is 0 Å². The van der Waals surface area contributed by atoms with E-state index in [1.807, 2.05) is 6.07 Å². The molecule has 1 aromatic carbocycles. The van der Waals surface area contributed by atoms with Crippen molar-refractivity contribution in [2.45, 2.75) is 45.6 Å². The van der Waals surface area contributed by atoms with E-state index in [0.29, 0.717) is 40.0 Å². The van der Waals surface area contributed by atoms with Gasteiger partial charge in [-0.2, -0.15) is 0 Å². The molecule has 0 radical (unpaired) electrons. The lowest BCUT2D eigenvalue weighted by molar-refractivity contribution is -0.118. The molecule has 1 spiro atoms. The van der Waals surface area contributed by atoms with Gasteiger partial charge < -0.3 is 25.7 Å². The maximum Gasteiger partial charge on any atom is 0.272 e. The summed E-state index contributed by atoms with van der Waals surface area (Å²) in [5, 5.41) is 8.77. The predicted octanol–water partition coefficient (Wildman–Crippen LogP) is 3.17. The zero-order valence-corrected chi connectivity index (χ0v) is 21.2. The fourth-order valence-corrected chi connectivity index (χ4v) is 7.45. The van der Waals surface area contributed by atoms with Gasteiger partial charge in [0.2, 0.25) is 0 Å². The Morgan fingerprint density at radius 3 is 2.92 bits per heavy atom. The van der Waals surface area contributed by atoms with Crippen molar-refractivity contribution in [1.82, 2.24) is 25.6 Å². The summed E-state index contributed by atoms with van der Waals surface area (Å²) in [6.45, 7) is 3.17. The van der Waals surface area contributed by atoms with Crippen molar-refractivity contribution in [3.05, 3.63) is 47.5 Å². The molecule has 1 aliphatic heterocycles. The molecule has 2 aromatic heterocycles. The highest BCUT2D eigenvalue weighted by Gasteiger charge is 2.64. The molecule has 3 fully saturated rings. The number of hydrogen-bond donors (Lipinski definition) is 4. The predicted molar refractivity (Wildman–Crippen MR) is 139 cm³/mol. The van der Waals surface area contributed by atoms with Crippen LogP contribution in [0.4, 0.5) is 5.69 Å². The first-order valence-corrected chi connectivity index (χ1v) is 13.2. The summed E-state index contributed by atoms with van der Waals surface area (Å²) in [7, 11) is 0. The van der Waals surface area contributed by atoms with Gasteiger partial charge in [-0.25, -0.2) is 9.97 Å². The van der Waals surface area contributed by atoms with Crippen molar-refractivity contribution in [1.29, 1.82) is 0 Å². The molecular formula is C28H30N6O4. The number of nitrogens with zero attached hydrogens (tertiary/aromatic N) is 2. The second-order valence-corrected chi connectivity index (χ2v) is 11.9. The Kier molecular flexibility index (Phi) is 5.05. The van der Waals surface area contributed by atoms with Gasteiger partial charge in [0.15, 0.2) is 12.3 Å². The second-order valence-electron chi connectivity index (χ2n) is 11.9. The molecule has 0 saturated heterocycles. The average molecular weight is 515 g/mol. The smallest absolute Gasteiger partial charge is 0.272 e. The quantitative estimate of drug-likeness (QED) is 0.399. The van der Waals surface area contributed by atoms with E-state index in [2.05, 4.69) is 37.8 Å². The average Bonchev–Trinajstić information content (AvgIpc) is 3.21. The third-order valence-electron chi connectivity index (χ3n) is 8.96. The molecule has 4 unspecified atom stereocenters. The molecule has 7 rings (SSSR count). The molecule has 10 nitrogen and oxygen atoms in total. The van der Waals surface area contributed by atoms with Crippen LogP contribution in [0.1, 0.15) is 65.4 Å². The SMILES string of the molecule is CC1(CNC(=O)c2c[nH]c3c(C(=O)NCc4ccc5c(c4)NC(=O)CO5)ncnc23)CC2CC3CC3(C2)C1. The summed E-state index contributed by atoms with van der Waals surface area (Å²) in [6, 6.07) is 5.35. The second kappa shape index (κ2) is 8.28. The molecule has 4 atom stereocenters. The Balaban J connectivity index is 1.03. The number of nitrogens with one attached hydrogen (secondary N) is 4. The van der Waals surface area contributed by atoms with Gasteiger partial charge in [0.1, 0.15) is 17.6 Å². The number of aromatic nitrogens is 3. The van der Waals surface area contributed by atoms with E-state index in [4.69, 9.17) is 4.74 Å². The maximum atomic E-state index is 13.2. The first-order chi connectivity index (χ1) is 18.3. The summed E-state index contributed by atoms with van der Waals surface area (Å²) in [5.74, 6) is 1.51. The van der Waals surface area contributed by atoms with Crippen LogP contribution in [0.15, 0.2) is 30.7 Å². The molecule has 10 heteroatoms. The monoisotopic (exact) mass is 514 g/mol. The normalized spacial score (nSPS) is 28.6. The summed E-state index contributed by atoms with van der Waals surface area (Å²) in [4.78, 5) is 49.3. The highest BCUT2D eigenvalue weighted by Crippen LogP contribution is 2.73. The fraction of sp³-hybridized carbons (Fsp3) is 0.464. The molecular weight excluding hydrogens is 484 g/mol. The van der Waals surface area contributed by atoms with Crippen molar-refractivity contribution in [3.63, 3.8) is 0 Å². The summed E-state index contributed by atoms with van der Waals surface area (Å²) < 4.78 is 5.38. The summed E-state index contributed by atoms with van der Waals surface area (Å²) in [5.41, 5.74) is 3.46. The third kappa shape index (κ3) is 3.90. The number of carbonyl (C=O) groups is 3. The zero-order valence-electron chi connectivity index (χ0n) is 21.2. The maximum absolute atomic E-state index is 13.2. The highest BCUT2D eigenvalue weighted by atomic mass is 16.5. The molecule has 196 valence electrons. The molecule has 2 bridgehead atoms. The Morgan fingerprint density at radius 1 is 1.16 bits per heavy atom. The van der Waals surface area contributed by atoms with Crippen molar-refractivity contribution in [2.75, 3.05) is 18.5 Å². The molecule has 3 saturated carbocycles. The van der Waals surface area contributed by atoms with Gasteiger partial charge in [-0.05, 0) is 72.5 Å². The van der Waals surface area contributed by atoms with E-state index in [0.717, 1.165) is 17.4 Å². The molecule has 4 N–H and O–H groups in total. The van der Waals surface area contributed by atoms with Gasteiger partial charge in [-0.1, -0.05) is 13.0 Å². The minimum absolute atomic E-state index is 0.0101. The zero-order chi connectivity index (χ0) is 26.1. The standard InChI is InChI=1S/C28H30N6O4/c1-27(6-16-4-17-8-28(17,7-16)12-27)13-31-25(36)18-10-29-23-22(18)32-14-33-24(23)26(37)30-9-15-2-3-20-19(5-15)34-21(35)11-38-20/h2-3,5,10,14,16-17,29H,4,6-9,11-13H2,1H3,(H,30,37)(H,31,36)(H,34,35). The number of hydrogen-bond acceptors (Lipinski definition) is 6. The number of aromatic amines is 1. The minimum atomic E-state index is -0.396. The molecule has 3 aromatic rings. The van der Waals surface area contributed by atoms with Gasteiger partial charge in [0, 0.05) is 19.3 Å². The fourth-order valence-electron chi connectivity index (χ4n) is 7.45. The van der Waals surface area contributed by atoms with Gasteiger partial charge in [0.25, 0.3) is 17.7 Å². The van der Waals surface area contributed by atoms with Crippen LogP contribution in [-0.2, 0) is 11.3 Å². The Labute approximate surface area is 219 Å². The lowest BCUT2D eigenvalue weighted by Gasteiger charge is -2.40.